The van der Waals surface area contributed by atoms with Crippen LogP contribution in [0.4, 0.5) is 0 Å². The highest BCUT2D eigenvalue weighted by molar-refractivity contribution is 7.89. The maximum absolute atomic E-state index is 12.0. The second-order valence-corrected chi connectivity index (χ2v) is 5.18. The maximum Gasteiger partial charge on any atom is 0.243 e. The van der Waals surface area contributed by atoms with E-state index in [-0.39, 0.29) is 4.90 Å². The highest BCUT2D eigenvalue weighted by atomic mass is 32.2. The van der Waals surface area contributed by atoms with Crippen LogP contribution in [-0.4, -0.2) is 26.6 Å². The molecule has 0 aliphatic carbocycles. The van der Waals surface area contributed by atoms with E-state index in [0.717, 1.165) is 0 Å². The van der Waals surface area contributed by atoms with Gasteiger partial charge in [-0.3, -0.25) is 9.79 Å². The van der Waals surface area contributed by atoms with Crippen LogP contribution in [0.15, 0.2) is 52.4 Å². The highest BCUT2D eigenvalue weighted by Crippen LogP contribution is 2.16. The molecule has 0 spiro atoms. The zero-order valence-electron chi connectivity index (χ0n) is 8.78. The number of nitrogens with one attached hydrogen (secondary N) is 1. The Morgan fingerprint density at radius 3 is 2.47 bits per heavy atom. The Balaban J connectivity index is 2.33. The number of aldehydes is 1. The molecule has 0 aromatic heterocycles. The van der Waals surface area contributed by atoms with Gasteiger partial charge in [-0.15, -0.1) is 0 Å². The monoisotopic (exact) mass is 250 g/mol. The van der Waals surface area contributed by atoms with Crippen molar-refractivity contribution in [3.63, 3.8) is 0 Å². The lowest BCUT2D eigenvalue weighted by atomic mass is 10.2. The number of benzene rings is 1. The van der Waals surface area contributed by atoms with Crippen LogP contribution in [0.2, 0.25) is 0 Å². The third-order valence-electron chi connectivity index (χ3n) is 2.26. The van der Waals surface area contributed by atoms with Gasteiger partial charge in [0.05, 0.1) is 4.90 Å². The average molecular weight is 250 g/mol. The average Bonchev–Trinajstić information content (AvgIpc) is 2.79. The van der Waals surface area contributed by atoms with E-state index in [1.807, 2.05) is 0 Å². The van der Waals surface area contributed by atoms with Crippen LogP contribution in [-0.2, 0) is 14.8 Å². The summed E-state index contributed by atoms with van der Waals surface area (Å²) in [6.45, 7) is 0. The van der Waals surface area contributed by atoms with Crippen molar-refractivity contribution in [3.8, 4) is 0 Å². The fourth-order valence-corrected chi connectivity index (χ4v) is 2.66. The first kappa shape index (κ1) is 11.7. The molecule has 0 fully saturated rings. The minimum absolute atomic E-state index is 0.0942. The molecule has 0 saturated heterocycles. The van der Waals surface area contributed by atoms with Crippen molar-refractivity contribution in [1.82, 2.24) is 4.72 Å². The molecule has 1 atom stereocenters. The van der Waals surface area contributed by atoms with Gasteiger partial charge in [-0.25, -0.2) is 8.42 Å². The summed E-state index contributed by atoms with van der Waals surface area (Å²) < 4.78 is 26.2. The van der Waals surface area contributed by atoms with E-state index in [2.05, 4.69) is 9.71 Å². The number of allylic oxidation sites excluding steroid dienone is 1. The van der Waals surface area contributed by atoms with E-state index in [1.165, 1.54) is 30.5 Å². The van der Waals surface area contributed by atoms with Crippen molar-refractivity contribution in [2.45, 2.75) is 10.6 Å². The van der Waals surface area contributed by atoms with Gasteiger partial charge in [0.15, 0.2) is 11.9 Å². The first-order valence-electron chi connectivity index (χ1n) is 4.86. The SMILES string of the molecule is O=CC1(NS(=O)(=O)c2ccccc2)C=CC=N1. The predicted molar refractivity (Wildman–Crippen MR) is 63.2 cm³/mol. The highest BCUT2D eigenvalue weighted by Gasteiger charge is 2.33. The summed E-state index contributed by atoms with van der Waals surface area (Å²) >= 11 is 0. The van der Waals surface area contributed by atoms with E-state index in [9.17, 15) is 13.2 Å². The lowest BCUT2D eigenvalue weighted by Gasteiger charge is -2.18. The van der Waals surface area contributed by atoms with Gasteiger partial charge in [0.1, 0.15) is 0 Å². The van der Waals surface area contributed by atoms with Crippen molar-refractivity contribution < 1.29 is 13.2 Å². The van der Waals surface area contributed by atoms with E-state index in [4.69, 9.17) is 0 Å². The van der Waals surface area contributed by atoms with E-state index in [1.54, 1.807) is 18.2 Å². The Morgan fingerprint density at radius 1 is 1.24 bits per heavy atom. The van der Waals surface area contributed by atoms with Gasteiger partial charge in [-0.05, 0) is 24.3 Å². The van der Waals surface area contributed by atoms with Crippen LogP contribution < -0.4 is 4.72 Å². The molecular weight excluding hydrogens is 240 g/mol. The molecule has 0 radical (unpaired) electrons. The van der Waals surface area contributed by atoms with Crippen molar-refractivity contribution in [3.05, 3.63) is 42.5 Å². The first-order chi connectivity index (χ1) is 8.08. The van der Waals surface area contributed by atoms with Gasteiger partial charge in [-0.2, -0.15) is 4.72 Å². The second-order valence-electron chi connectivity index (χ2n) is 3.50. The number of carbonyl (C=O) groups is 1. The van der Waals surface area contributed by atoms with Gasteiger partial charge in [0.25, 0.3) is 0 Å². The summed E-state index contributed by atoms with van der Waals surface area (Å²) in [5.41, 5.74) is -1.51. The minimum Gasteiger partial charge on any atom is -0.299 e. The second kappa shape index (κ2) is 4.23. The molecule has 17 heavy (non-hydrogen) atoms. The normalized spacial score (nSPS) is 22.8. The number of carbonyl (C=O) groups excluding carboxylic acids is 1. The molecule has 1 unspecified atom stereocenters. The third-order valence-corrected chi connectivity index (χ3v) is 3.74. The number of hydrogen-bond acceptors (Lipinski definition) is 4. The number of sulfonamides is 1. The van der Waals surface area contributed by atoms with Crippen molar-refractivity contribution in [1.29, 1.82) is 0 Å². The van der Waals surface area contributed by atoms with Crippen molar-refractivity contribution in [2.75, 3.05) is 0 Å². The summed E-state index contributed by atoms with van der Waals surface area (Å²) in [4.78, 5) is 14.8. The summed E-state index contributed by atoms with van der Waals surface area (Å²) in [6.07, 6.45) is 4.73. The number of aliphatic imine (C=N–C) groups is 1. The van der Waals surface area contributed by atoms with Gasteiger partial charge < -0.3 is 0 Å². The molecule has 5 nitrogen and oxygen atoms in total. The molecule has 1 aliphatic rings. The van der Waals surface area contributed by atoms with E-state index >= 15 is 0 Å². The molecular formula is C11H10N2O3S. The lowest BCUT2D eigenvalue weighted by molar-refractivity contribution is -0.111. The maximum atomic E-state index is 12.0. The summed E-state index contributed by atoms with van der Waals surface area (Å²) in [5, 5.41) is 0. The van der Waals surface area contributed by atoms with Crippen molar-refractivity contribution in [2.24, 2.45) is 4.99 Å². The van der Waals surface area contributed by atoms with Crippen molar-refractivity contribution >= 4 is 22.5 Å². The summed E-state index contributed by atoms with van der Waals surface area (Å²) in [7, 11) is -3.76. The van der Waals surface area contributed by atoms with Crippen LogP contribution in [0, 0.1) is 0 Å². The molecule has 0 bridgehead atoms. The molecule has 1 aromatic rings. The van der Waals surface area contributed by atoms with Gasteiger partial charge in [-0.1, -0.05) is 18.2 Å². The Bertz CT molecular complexity index is 564. The molecule has 1 aliphatic heterocycles. The molecule has 1 N–H and O–H groups in total. The number of nitrogens with zero attached hydrogens (tertiary/aromatic N) is 1. The fraction of sp³-hybridized carbons (Fsp3) is 0.0909. The summed E-state index contributed by atoms with van der Waals surface area (Å²) in [6, 6.07) is 7.82. The van der Waals surface area contributed by atoms with Gasteiger partial charge in [0.2, 0.25) is 10.0 Å². The largest absolute Gasteiger partial charge is 0.299 e. The standard InChI is InChI=1S/C11H10N2O3S/c14-9-11(7-4-8-12-11)13-17(15,16)10-5-2-1-3-6-10/h1-9,13H. The lowest BCUT2D eigenvalue weighted by Crippen LogP contribution is -2.45. The van der Waals surface area contributed by atoms with E-state index in [0.29, 0.717) is 6.29 Å². The number of rotatable bonds is 4. The molecule has 6 heteroatoms. The van der Waals surface area contributed by atoms with Crippen LogP contribution in [0.1, 0.15) is 0 Å². The smallest absolute Gasteiger partial charge is 0.243 e. The Kier molecular flexibility index (Phi) is 2.91. The Hall–Kier alpha value is -1.79. The van der Waals surface area contributed by atoms with E-state index < -0.39 is 15.7 Å². The quantitative estimate of drug-likeness (QED) is 0.791. The predicted octanol–water partition coefficient (Wildman–Crippen LogP) is 0.501. The molecule has 0 saturated carbocycles. The Morgan fingerprint density at radius 2 is 1.94 bits per heavy atom. The molecule has 0 amide bonds. The third kappa shape index (κ3) is 2.32. The molecule has 2 rings (SSSR count). The van der Waals surface area contributed by atoms with Gasteiger partial charge >= 0.3 is 0 Å². The molecule has 1 aromatic carbocycles. The Labute approximate surface area is 98.9 Å². The molecule has 1 heterocycles. The first-order valence-corrected chi connectivity index (χ1v) is 6.35. The zero-order chi connectivity index (χ0) is 12.4. The molecule has 88 valence electrons. The summed E-state index contributed by atoms with van der Waals surface area (Å²) in [5.74, 6) is 0. The minimum atomic E-state index is -3.76. The fourth-order valence-electron chi connectivity index (χ4n) is 1.43. The zero-order valence-corrected chi connectivity index (χ0v) is 9.59. The topological polar surface area (TPSA) is 75.6 Å². The van der Waals surface area contributed by atoms with Crippen LogP contribution in [0.25, 0.3) is 0 Å². The van der Waals surface area contributed by atoms with Crippen LogP contribution in [0.3, 0.4) is 0 Å². The number of hydrogen-bond donors (Lipinski definition) is 1. The van der Waals surface area contributed by atoms with Gasteiger partial charge in [0, 0.05) is 6.21 Å². The van der Waals surface area contributed by atoms with Crippen LogP contribution >= 0.6 is 0 Å². The van der Waals surface area contributed by atoms with Crippen LogP contribution in [0.5, 0.6) is 0 Å².